The van der Waals surface area contributed by atoms with Gasteiger partial charge in [0.1, 0.15) is 5.75 Å². The predicted molar refractivity (Wildman–Crippen MR) is 92.6 cm³/mol. The Bertz CT molecular complexity index is 377. The SMILES string of the molecule is COc1ccc(NC(N)=NCCCC(C)C)cc1.I. The van der Waals surface area contributed by atoms with Crippen molar-refractivity contribution in [2.45, 2.75) is 26.7 Å². The number of nitrogens with two attached hydrogens (primary N) is 1. The average Bonchev–Trinajstić information content (AvgIpc) is 2.35. The number of nitrogens with zero attached hydrogens (tertiary/aromatic N) is 1. The standard InChI is InChI=1S/C14H23N3O.HI/c1-11(2)5-4-10-16-14(15)17-12-6-8-13(18-3)9-7-12;/h6-9,11H,4-5,10H2,1-3H3,(H3,15,16,17);1H. The Morgan fingerprint density at radius 2 is 1.95 bits per heavy atom. The first kappa shape index (κ1) is 18.0. The third-order valence-electron chi connectivity index (χ3n) is 2.58. The van der Waals surface area contributed by atoms with E-state index in [9.17, 15) is 0 Å². The van der Waals surface area contributed by atoms with Gasteiger partial charge in [0, 0.05) is 12.2 Å². The quantitative estimate of drug-likeness (QED) is 0.345. The van der Waals surface area contributed by atoms with Gasteiger partial charge in [0.2, 0.25) is 0 Å². The molecule has 0 fully saturated rings. The van der Waals surface area contributed by atoms with Gasteiger partial charge in [-0.15, -0.1) is 24.0 Å². The lowest BCUT2D eigenvalue weighted by molar-refractivity contribution is 0.415. The number of hydrogen-bond donors (Lipinski definition) is 2. The van der Waals surface area contributed by atoms with E-state index in [-0.39, 0.29) is 24.0 Å². The molecule has 0 spiro atoms. The zero-order valence-corrected chi connectivity index (χ0v) is 14.2. The van der Waals surface area contributed by atoms with Gasteiger partial charge in [-0.1, -0.05) is 13.8 Å². The molecular formula is C14H24IN3O. The van der Waals surface area contributed by atoms with Crippen molar-refractivity contribution in [2.24, 2.45) is 16.6 Å². The molecule has 0 aliphatic rings. The number of ether oxygens (including phenoxy) is 1. The fraction of sp³-hybridized carbons (Fsp3) is 0.500. The van der Waals surface area contributed by atoms with E-state index < -0.39 is 0 Å². The van der Waals surface area contributed by atoms with Crippen LogP contribution in [0.1, 0.15) is 26.7 Å². The topological polar surface area (TPSA) is 59.6 Å². The first-order valence-corrected chi connectivity index (χ1v) is 6.33. The fourth-order valence-corrected chi connectivity index (χ4v) is 1.56. The van der Waals surface area contributed by atoms with Crippen molar-refractivity contribution in [1.29, 1.82) is 0 Å². The Morgan fingerprint density at radius 1 is 1.32 bits per heavy atom. The zero-order chi connectivity index (χ0) is 13.4. The third-order valence-corrected chi connectivity index (χ3v) is 2.58. The maximum atomic E-state index is 5.80. The molecule has 108 valence electrons. The number of anilines is 1. The minimum atomic E-state index is 0. The number of benzene rings is 1. The minimum absolute atomic E-state index is 0. The molecule has 3 N–H and O–H groups in total. The molecule has 0 heterocycles. The van der Waals surface area contributed by atoms with Crippen molar-refractivity contribution >= 4 is 35.6 Å². The molecule has 0 unspecified atom stereocenters. The summed E-state index contributed by atoms with van der Waals surface area (Å²) in [7, 11) is 1.65. The molecule has 0 saturated heterocycles. The largest absolute Gasteiger partial charge is 0.497 e. The van der Waals surface area contributed by atoms with Crippen LogP contribution in [0.2, 0.25) is 0 Å². The summed E-state index contributed by atoms with van der Waals surface area (Å²) in [5.41, 5.74) is 6.72. The first-order chi connectivity index (χ1) is 8.61. The normalized spacial score (nSPS) is 11.1. The molecule has 0 saturated carbocycles. The Morgan fingerprint density at radius 3 is 2.47 bits per heavy atom. The number of guanidine groups is 1. The molecule has 4 nitrogen and oxygen atoms in total. The van der Waals surface area contributed by atoms with E-state index in [4.69, 9.17) is 10.5 Å². The van der Waals surface area contributed by atoms with E-state index in [0.29, 0.717) is 5.96 Å². The summed E-state index contributed by atoms with van der Waals surface area (Å²) < 4.78 is 5.09. The highest BCUT2D eigenvalue weighted by molar-refractivity contribution is 14.0. The highest BCUT2D eigenvalue weighted by Crippen LogP contribution is 2.14. The van der Waals surface area contributed by atoms with E-state index in [0.717, 1.165) is 30.3 Å². The van der Waals surface area contributed by atoms with Crippen LogP contribution in [0, 0.1) is 5.92 Å². The Kier molecular flexibility index (Phi) is 9.38. The van der Waals surface area contributed by atoms with Gasteiger partial charge >= 0.3 is 0 Å². The van der Waals surface area contributed by atoms with Crippen molar-refractivity contribution in [2.75, 3.05) is 19.0 Å². The second kappa shape index (κ2) is 9.89. The Labute approximate surface area is 132 Å². The van der Waals surface area contributed by atoms with Gasteiger partial charge in [-0.3, -0.25) is 4.99 Å². The molecule has 0 radical (unpaired) electrons. The van der Waals surface area contributed by atoms with Crippen molar-refractivity contribution in [3.63, 3.8) is 0 Å². The van der Waals surface area contributed by atoms with Crippen LogP contribution in [0.3, 0.4) is 0 Å². The van der Waals surface area contributed by atoms with Crippen LogP contribution in [0.25, 0.3) is 0 Å². The maximum absolute atomic E-state index is 5.80. The molecule has 0 atom stereocenters. The van der Waals surface area contributed by atoms with Crippen LogP contribution in [0.5, 0.6) is 5.75 Å². The summed E-state index contributed by atoms with van der Waals surface area (Å²) >= 11 is 0. The van der Waals surface area contributed by atoms with Crippen LogP contribution < -0.4 is 15.8 Å². The lowest BCUT2D eigenvalue weighted by Gasteiger charge is -2.07. The summed E-state index contributed by atoms with van der Waals surface area (Å²) in [6.07, 6.45) is 2.25. The van der Waals surface area contributed by atoms with E-state index in [1.165, 1.54) is 6.42 Å². The lowest BCUT2D eigenvalue weighted by atomic mass is 10.1. The van der Waals surface area contributed by atoms with Crippen LogP contribution in [-0.2, 0) is 0 Å². The van der Waals surface area contributed by atoms with E-state index in [2.05, 4.69) is 24.2 Å². The van der Waals surface area contributed by atoms with Gasteiger partial charge in [-0.2, -0.15) is 0 Å². The third kappa shape index (κ3) is 7.92. The number of methoxy groups -OCH3 is 1. The molecule has 1 aromatic rings. The molecule has 0 aliphatic heterocycles. The lowest BCUT2D eigenvalue weighted by Crippen LogP contribution is -2.22. The number of hydrogen-bond acceptors (Lipinski definition) is 2. The number of aliphatic imine (C=N–C) groups is 1. The van der Waals surface area contributed by atoms with Crippen LogP contribution in [0.4, 0.5) is 5.69 Å². The van der Waals surface area contributed by atoms with Gasteiger partial charge in [0.25, 0.3) is 0 Å². The summed E-state index contributed by atoms with van der Waals surface area (Å²) in [5.74, 6) is 2.01. The summed E-state index contributed by atoms with van der Waals surface area (Å²) in [6, 6.07) is 7.59. The Hall–Kier alpha value is -0.980. The number of nitrogens with one attached hydrogen (secondary N) is 1. The molecule has 1 rings (SSSR count). The van der Waals surface area contributed by atoms with E-state index in [1.54, 1.807) is 7.11 Å². The molecule has 0 amide bonds. The van der Waals surface area contributed by atoms with Gasteiger partial charge in [-0.05, 0) is 43.0 Å². The van der Waals surface area contributed by atoms with Gasteiger partial charge in [0.15, 0.2) is 5.96 Å². The molecule has 0 aliphatic carbocycles. The zero-order valence-electron chi connectivity index (χ0n) is 11.8. The summed E-state index contributed by atoms with van der Waals surface area (Å²) in [6.45, 7) is 5.19. The molecule has 5 heteroatoms. The van der Waals surface area contributed by atoms with Crippen molar-refractivity contribution in [3.05, 3.63) is 24.3 Å². The second-order valence-electron chi connectivity index (χ2n) is 4.66. The summed E-state index contributed by atoms with van der Waals surface area (Å²) in [4.78, 5) is 4.29. The monoisotopic (exact) mass is 377 g/mol. The van der Waals surface area contributed by atoms with Crippen LogP contribution >= 0.6 is 24.0 Å². The fourth-order valence-electron chi connectivity index (χ4n) is 1.56. The van der Waals surface area contributed by atoms with E-state index in [1.807, 2.05) is 24.3 Å². The first-order valence-electron chi connectivity index (χ1n) is 6.33. The highest BCUT2D eigenvalue weighted by atomic mass is 127. The average molecular weight is 377 g/mol. The number of halogens is 1. The molecule has 0 bridgehead atoms. The molecular weight excluding hydrogens is 353 g/mol. The molecule has 19 heavy (non-hydrogen) atoms. The molecule has 1 aromatic carbocycles. The second-order valence-corrected chi connectivity index (χ2v) is 4.66. The minimum Gasteiger partial charge on any atom is -0.497 e. The van der Waals surface area contributed by atoms with Crippen molar-refractivity contribution in [1.82, 2.24) is 0 Å². The number of rotatable bonds is 6. The van der Waals surface area contributed by atoms with Gasteiger partial charge in [0.05, 0.1) is 7.11 Å². The van der Waals surface area contributed by atoms with Crippen molar-refractivity contribution < 1.29 is 4.74 Å². The summed E-state index contributed by atoms with van der Waals surface area (Å²) in [5, 5.41) is 3.05. The molecule has 0 aromatic heterocycles. The van der Waals surface area contributed by atoms with Crippen molar-refractivity contribution in [3.8, 4) is 5.75 Å². The van der Waals surface area contributed by atoms with Crippen LogP contribution in [0.15, 0.2) is 29.3 Å². The highest BCUT2D eigenvalue weighted by Gasteiger charge is 1.97. The Balaban J connectivity index is 0.00000324. The van der Waals surface area contributed by atoms with Crippen LogP contribution in [-0.4, -0.2) is 19.6 Å². The van der Waals surface area contributed by atoms with Gasteiger partial charge in [-0.25, -0.2) is 0 Å². The van der Waals surface area contributed by atoms with E-state index >= 15 is 0 Å². The maximum Gasteiger partial charge on any atom is 0.193 e. The smallest absolute Gasteiger partial charge is 0.193 e. The van der Waals surface area contributed by atoms with Gasteiger partial charge < -0.3 is 15.8 Å². The predicted octanol–water partition coefficient (Wildman–Crippen LogP) is 3.48.